The lowest BCUT2D eigenvalue weighted by Crippen LogP contribution is -1.86. The van der Waals surface area contributed by atoms with Gasteiger partial charge in [-0.1, -0.05) is 18.2 Å². The summed E-state index contributed by atoms with van der Waals surface area (Å²) >= 11 is 5.00. The Morgan fingerprint density at radius 3 is 2.71 bits per heavy atom. The van der Waals surface area contributed by atoms with Crippen molar-refractivity contribution < 1.29 is 0 Å². The molecule has 0 bridgehead atoms. The molecule has 0 spiro atoms. The van der Waals surface area contributed by atoms with Crippen molar-refractivity contribution in [1.82, 2.24) is 4.98 Å². The van der Waals surface area contributed by atoms with Gasteiger partial charge in [-0.2, -0.15) is 0 Å². The first kappa shape index (κ1) is 9.87. The van der Waals surface area contributed by atoms with Crippen LogP contribution in [0, 0.1) is 13.8 Å². The van der Waals surface area contributed by atoms with Crippen molar-refractivity contribution in [2.75, 3.05) is 0 Å². The molecular weight excluding hydrogens is 258 g/mol. The maximum absolute atomic E-state index is 4.42. The molecule has 0 aliphatic carbocycles. The standard InChI is InChI=1S/C11H10BrNS/c1-7-4-3-5-9(8(7)2)10-6-14-11(12)13-10/h3-6H,1-2H3. The summed E-state index contributed by atoms with van der Waals surface area (Å²) in [6.07, 6.45) is 0. The minimum Gasteiger partial charge on any atom is -0.229 e. The van der Waals surface area contributed by atoms with Crippen LogP contribution in [-0.4, -0.2) is 4.98 Å². The first-order chi connectivity index (χ1) is 6.68. The summed E-state index contributed by atoms with van der Waals surface area (Å²) in [5.41, 5.74) is 4.91. The van der Waals surface area contributed by atoms with Gasteiger partial charge in [-0.15, -0.1) is 11.3 Å². The lowest BCUT2D eigenvalue weighted by Gasteiger charge is -2.04. The molecule has 2 aromatic rings. The van der Waals surface area contributed by atoms with E-state index in [1.165, 1.54) is 16.7 Å². The Labute approximate surface area is 95.9 Å². The second-order valence-electron chi connectivity index (χ2n) is 3.23. The molecule has 0 unspecified atom stereocenters. The van der Waals surface area contributed by atoms with Crippen molar-refractivity contribution in [1.29, 1.82) is 0 Å². The van der Waals surface area contributed by atoms with E-state index in [2.05, 4.69) is 58.3 Å². The van der Waals surface area contributed by atoms with Crippen LogP contribution in [-0.2, 0) is 0 Å². The second-order valence-corrected chi connectivity index (χ2v) is 5.37. The third-order valence-electron chi connectivity index (χ3n) is 2.36. The molecule has 0 aliphatic heterocycles. The van der Waals surface area contributed by atoms with E-state index < -0.39 is 0 Å². The molecule has 0 aliphatic rings. The molecule has 0 amide bonds. The van der Waals surface area contributed by atoms with Crippen LogP contribution in [0.1, 0.15) is 11.1 Å². The van der Waals surface area contributed by atoms with Crippen LogP contribution in [0.5, 0.6) is 0 Å². The topological polar surface area (TPSA) is 12.9 Å². The Kier molecular flexibility index (Phi) is 2.70. The Morgan fingerprint density at radius 2 is 2.07 bits per heavy atom. The molecule has 2 rings (SSSR count). The molecule has 0 saturated heterocycles. The van der Waals surface area contributed by atoms with Gasteiger partial charge in [0, 0.05) is 10.9 Å². The maximum Gasteiger partial charge on any atom is 0.159 e. The van der Waals surface area contributed by atoms with Crippen LogP contribution in [0.15, 0.2) is 27.5 Å². The van der Waals surface area contributed by atoms with Gasteiger partial charge in [0.05, 0.1) is 5.69 Å². The monoisotopic (exact) mass is 267 g/mol. The zero-order valence-electron chi connectivity index (χ0n) is 8.04. The van der Waals surface area contributed by atoms with Gasteiger partial charge >= 0.3 is 0 Å². The predicted molar refractivity (Wildman–Crippen MR) is 64.7 cm³/mol. The van der Waals surface area contributed by atoms with E-state index in [1.54, 1.807) is 11.3 Å². The highest BCUT2D eigenvalue weighted by Crippen LogP contribution is 2.28. The molecule has 72 valence electrons. The number of hydrogen-bond donors (Lipinski definition) is 0. The molecule has 1 heterocycles. The van der Waals surface area contributed by atoms with E-state index >= 15 is 0 Å². The molecule has 1 aromatic carbocycles. The molecular formula is C11H10BrNS. The molecule has 0 fully saturated rings. The minimum absolute atomic E-state index is 0.938. The largest absolute Gasteiger partial charge is 0.229 e. The maximum atomic E-state index is 4.42. The Balaban J connectivity index is 2.57. The van der Waals surface area contributed by atoms with E-state index in [0.29, 0.717) is 0 Å². The van der Waals surface area contributed by atoms with Crippen LogP contribution in [0.25, 0.3) is 11.3 Å². The quantitative estimate of drug-likeness (QED) is 0.755. The summed E-state index contributed by atoms with van der Waals surface area (Å²) < 4.78 is 0.938. The average molecular weight is 268 g/mol. The number of aromatic nitrogens is 1. The minimum atomic E-state index is 0.938. The molecule has 0 saturated carbocycles. The van der Waals surface area contributed by atoms with Crippen molar-refractivity contribution in [3.63, 3.8) is 0 Å². The summed E-state index contributed by atoms with van der Waals surface area (Å²) in [5, 5.41) is 2.08. The predicted octanol–water partition coefficient (Wildman–Crippen LogP) is 4.19. The van der Waals surface area contributed by atoms with Crippen LogP contribution >= 0.6 is 27.3 Å². The van der Waals surface area contributed by atoms with Crippen molar-refractivity contribution >= 4 is 27.3 Å². The summed E-state index contributed by atoms with van der Waals surface area (Å²) in [6.45, 7) is 4.26. The van der Waals surface area contributed by atoms with Crippen molar-refractivity contribution in [3.05, 3.63) is 38.6 Å². The Bertz CT molecular complexity index is 462. The fourth-order valence-electron chi connectivity index (χ4n) is 1.40. The summed E-state index contributed by atoms with van der Waals surface area (Å²) in [6, 6.07) is 6.31. The molecule has 1 aromatic heterocycles. The van der Waals surface area contributed by atoms with Crippen LogP contribution in [0.4, 0.5) is 0 Å². The fourth-order valence-corrected chi connectivity index (χ4v) is 2.42. The highest BCUT2D eigenvalue weighted by molar-refractivity contribution is 9.11. The van der Waals surface area contributed by atoms with Crippen LogP contribution in [0.2, 0.25) is 0 Å². The SMILES string of the molecule is Cc1cccc(-c2csc(Br)n2)c1C. The van der Waals surface area contributed by atoms with Gasteiger partial charge in [0.2, 0.25) is 0 Å². The summed E-state index contributed by atoms with van der Waals surface area (Å²) in [7, 11) is 0. The molecule has 3 heteroatoms. The second kappa shape index (κ2) is 3.83. The fraction of sp³-hybridized carbons (Fsp3) is 0.182. The van der Waals surface area contributed by atoms with Gasteiger partial charge in [-0.05, 0) is 40.9 Å². The third kappa shape index (κ3) is 1.74. The van der Waals surface area contributed by atoms with E-state index in [0.717, 1.165) is 9.61 Å². The third-order valence-corrected chi connectivity index (χ3v) is 3.72. The van der Waals surface area contributed by atoms with E-state index in [-0.39, 0.29) is 0 Å². The normalized spacial score (nSPS) is 10.5. The number of thiazole rings is 1. The molecule has 0 atom stereocenters. The first-order valence-corrected chi connectivity index (χ1v) is 6.03. The summed E-state index contributed by atoms with van der Waals surface area (Å²) in [4.78, 5) is 4.42. The lowest BCUT2D eigenvalue weighted by atomic mass is 10.0. The van der Waals surface area contributed by atoms with Crippen molar-refractivity contribution in [3.8, 4) is 11.3 Å². The molecule has 0 radical (unpaired) electrons. The van der Waals surface area contributed by atoms with Gasteiger partial charge in [0.15, 0.2) is 3.92 Å². The number of benzene rings is 1. The smallest absolute Gasteiger partial charge is 0.159 e. The number of aryl methyl sites for hydroxylation is 1. The lowest BCUT2D eigenvalue weighted by molar-refractivity contribution is 1.30. The highest BCUT2D eigenvalue weighted by atomic mass is 79.9. The highest BCUT2D eigenvalue weighted by Gasteiger charge is 2.06. The van der Waals surface area contributed by atoms with Crippen LogP contribution in [0.3, 0.4) is 0 Å². The van der Waals surface area contributed by atoms with E-state index in [9.17, 15) is 0 Å². The van der Waals surface area contributed by atoms with Crippen LogP contribution < -0.4 is 0 Å². The van der Waals surface area contributed by atoms with E-state index in [1.807, 2.05) is 0 Å². The zero-order chi connectivity index (χ0) is 10.1. The molecule has 1 nitrogen and oxygen atoms in total. The number of halogens is 1. The molecule has 0 N–H and O–H groups in total. The zero-order valence-corrected chi connectivity index (χ0v) is 10.4. The van der Waals surface area contributed by atoms with Crippen molar-refractivity contribution in [2.24, 2.45) is 0 Å². The number of nitrogens with zero attached hydrogens (tertiary/aromatic N) is 1. The first-order valence-electron chi connectivity index (χ1n) is 4.36. The Morgan fingerprint density at radius 1 is 1.29 bits per heavy atom. The summed E-state index contributed by atoms with van der Waals surface area (Å²) in [5.74, 6) is 0. The van der Waals surface area contributed by atoms with Gasteiger partial charge in [0.1, 0.15) is 0 Å². The number of rotatable bonds is 1. The van der Waals surface area contributed by atoms with Gasteiger partial charge in [-0.25, -0.2) is 4.98 Å². The van der Waals surface area contributed by atoms with E-state index in [4.69, 9.17) is 0 Å². The molecule has 14 heavy (non-hydrogen) atoms. The van der Waals surface area contributed by atoms with Gasteiger partial charge in [-0.3, -0.25) is 0 Å². The Hall–Kier alpha value is -0.670. The average Bonchev–Trinajstić information content (AvgIpc) is 2.57. The van der Waals surface area contributed by atoms with Crippen molar-refractivity contribution in [2.45, 2.75) is 13.8 Å². The number of hydrogen-bond acceptors (Lipinski definition) is 2. The van der Waals surface area contributed by atoms with Gasteiger partial charge in [0.25, 0.3) is 0 Å². The van der Waals surface area contributed by atoms with Gasteiger partial charge < -0.3 is 0 Å².